The number of carboxylic acids is 2. The van der Waals surface area contributed by atoms with E-state index < -0.39 is 11.9 Å². The van der Waals surface area contributed by atoms with Gasteiger partial charge in [0.25, 0.3) is 0 Å². The molecule has 1 heterocycles. The standard InChI is InChI=1S/C22H44O2.C16H31BrO2.C16H30O2.C6H13.BrH.Mg/c1-3-21(2)19-17-15-13-11-9-7-5-4-6-8-10-12-14-16-18-20-22(23)24;17-15-13-11-9-7-5-3-1-2-4-6-8-10-12-14-16(18)19;17-16-14-12-10-8-6-4-2-1-3-5-7-9-11-13-15-18-16;1-4-6(3)5-2;;/h21H,3-20H2,1-2H3,(H,23,24);1-15H2,(H,18,19);1-15H2;6H,1,4-5H2,2-3H3;1H;/q;;;-1;;+2/p-1. The van der Waals surface area contributed by atoms with Gasteiger partial charge in [-0.05, 0) is 38.0 Å². The van der Waals surface area contributed by atoms with E-state index in [1.54, 1.807) is 0 Å². The van der Waals surface area contributed by atoms with Gasteiger partial charge in [-0.3, -0.25) is 14.4 Å². The van der Waals surface area contributed by atoms with Gasteiger partial charge in [-0.2, -0.15) is 6.42 Å². The van der Waals surface area contributed by atoms with E-state index in [2.05, 4.69) is 50.5 Å². The predicted molar refractivity (Wildman–Crippen MR) is 302 cm³/mol. The van der Waals surface area contributed by atoms with Crippen molar-refractivity contribution >= 4 is 56.9 Å². The number of halogens is 2. The first kappa shape index (κ1) is 78.0. The van der Waals surface area contributed by atoms with Crippen molar-refractivity contribution in [2.45, 2.75) is 336 Å². The molecule has 0 spiro atoms. The topological polar surface area (TPSA) is 101 Å². The van der Waals surface area contributed by atoms with Crippen molar-refractivity contribution in [1.82, 2.24) is 0 Å². The molecule has 0 aromatic heterocycles. The number of rotatable bonds is 36. The number of carbonyl (C=O) groups excluding carboxylic acids is 1. The van der Waals surface area contributed by atoms with Gasteiger partial charge in [-0.25, -0.2) is 0 Å². The number of ether oxygens (including phenoxy) is 1. The third-order valence-corrected chi connectivity index (χ3v) is 14.3. The summed E-state index contributed by atoms with van der Waals surface area (Å²) in [7, 11) is 0. The van der Waals surface area contributed by atoms with Crippen molar-refractivity contribution in [1.29, 1.82) is 0 Å². The SMILES string of the molecule is CCC(C)CCCCCCCCCCCCCCCCCC(=O)O.O=C(O)CCCCCCCCCCCCCCCBr.O=C1CCCCCCCCCCCCCCCO1.[Br-].[CH2-]CC(C)CC.[Mg+2]. The molecule has 0 amide bonds. The fourth-order valence-electron chi connectivity index (χ4n) is 8.36. The fraction of sp³-hybridized carbons (Fsp3) is 0.933. The number of esters is 1. The van der Waals surface area contributed by atoms with Crippen LogP contribution in [-0.2, 0) is 19.1 Å². The first-order chi connectivity index (χ1) is 32.6. The van der Waals surface area contributed by atoms with E-state index >= 15 is 0 Å². The smallest absolute Gasteiger partial charge is 1.00 e. The second-order valence-corrected chi connectivity index (χ2v) is 21.3. The first-order valence-electron chi connectivity index (χ1n) is 29.6. The van der Waals surface area contributed by atoms with E-state index in [1.807, 2.05) is 0 Å². The average Bonchev–Trinajstić information content (AvgIpc) is 3.32. The molecule has 2 atom stereocenters. The van der Waals surface area contributed by atoms with Crippen molar-refractivity contribution < 1.29 is 46.3 Å². The van der Waals surface area contributed by atoms with Gasteiger partial charge in [0.2, 0.25) is 0 Å². The van der Waals surface area contributed by atoms with E-state index in [4.69, 9.17) is 14.9 Å². The van der Waals surface area contributed by atoms with Gasteiger partial charge in [0.05, 0.1) is 6.61 Å². The average molecular weight is 1120 g/mol. The van der Waals surface area contributed by atoms with Gasteiger partial charge >= 0.3 is 41.0 Å². The third kappa shape index (κ3) is 79.7. The van der Waals surface area contributed by atoms with E-state index in [0.29, 0.717) is 25.9 Å². The largest absolute Gasteiger partial charge is 2.00 e. The Morgan fingerprint density at radius 3 is 1.03 bits per heavy atom. The molecule has 0 aromatic rings. The summed E-state index contributed by atoms with van der Waals surface area (Å²) in [6.07, 6.45) is 60.0. The number of hydrogen-bond donors (Lipinski definition) is 2. The molecule has 2 unspecified atom stereocenters. The van der Waals surface area contributed by atoms with Crippen LogP contribution >= 0.6 is 15.9 Å². The van der Waals surface area contributed by atoms with Gasteiger partial charge in [0, 0.05) is 24.6 Å². The molecule has 1 rings (SSSR count). The molecule has 9 heteroatoms. The van der Waals surface area contributed by atoms with E-state index in [-0.39, 0.29) is 46.0 Å². The summed E-state index contributed by atoms with van der Waals surface area (Å²) < 4.78 is 5.23. The normalized spacial score (nSPS) is 14.6. The molecule has 0 saturated carbocycles. The van der Waals surface area contributed by atoms with Gasteiger partial charge < -0.3 is 38.9 Å². The van der Waals surface area contributed by atoms with Crippen molar-refractivity contribution in [2.24, 2.45) is 11.8 Å². The number of hydrogen-bond acceptors (Lipinski definition) is 4. The van der Waals surface area contributed by atoms with Gasteiger partial charge in [0.1, 0.15) is 0 Å². The molecule has 69 heavy (non-hydrogen) atoms. The zero-order valence-corrected chi connectivity index (χ0v) is 51.3. The van der Waals surface area contributed by atoms with Crippen LogP contribution < -0.4 is 17.0 Å². The van der Waals surface area contributed by atoms with Crippen molar-refractivity contribution in [2.75, 3.05) is 11.9 Å². The molecule has 1 aliphatic rings. The van der Waals surface area contributed by atoms with Crippen molar-refractivity contribution in [3.05, 3.63) is 6.92 Å². The Morgan fingerprint density at radius 1 is 0.478 bits per heavy atom. The zero-order valence-electron chi connectivity index (χ0n) is 46.7. The Hall–Kier alpha value is 0.136. The molecule has 1 fully saturated rings. The third-order valence-electron chi connectivity index (χ3n) is 13.8. The van der Waals surface area contributed by atoms with Crippen LogP contribution in [0.15, 0.2) is 0 Å². The summed E-state index contributed by atoms with van der Waals surface area (Å²) in [4.78, 5) is 32.1. The van der Waals surface area contributed by atoms with Crippen LogP contribution in [0.5, 0.6) is 0 Å². The predicted octanol–water partition coefficient (Wildman–Crippen LogP) is 17.6. The van der Waals surface area contributed by atoms with E-state index in [0.717, 1.165) is 62.1 Å². The Labute approximate surface area is 466 Å². The molecule has 1 saturated heterocycles. The zero-order chi connectivity index (χ0) is 49.9. The number of aliphatic carboxylic acids is 2. The van der Waals surface area contributed by atoms with Crippen LogP contribution in [0.4, 0.5) is 0 Å². The molecule has 0 bridgehead atoms. The fourth-order valence-corrected chi connectivity index (χ4v) is 8.76. The van der Waals surface area contributed by atoms with Crippen LogP contribution in [0.1, 0.15) is 336 Å². The maximum Gasteiger partial charge on any atom is 2.00 e. The monoisotopic (exact) mass is 1120 g/mol. The second kappa shape index (κ2) is 70.2. The van der Waals surface area contributed by atoms with Crippen LogP contribution in [-0.4, -0.2) is 63.1 Å². The molecule has 0 aliphatic carbocycles. The van der Waals surface area contributed by atoms with E-state index in [1.165, 1.54) is 244 Å². The summed E-state index contributed by atoms with van der Waals surface area (Å²) in [6, 6.07) is 0. The van der Waals surface area contributed by atoms with Crippen molar-refractivity contribution in [3.63, 3.8) is 0 Å². The Bertz CT molecular complexity index is 948. The summed E-state index contributed by atoms with van der Waals surface area (Å²) in [5.74, 6) is 0.455. The maximum absolute atomic E-state index is 11.4. The number of alkyl halides is 1. The number of carbonyl (C=O) groups is 3. The van der Waals surface area contributed by atoms with Crippen LogP contribution in [0.25, 0.3) is 0 Å². The Kier molecular flexibility index (Phi) is 79.4. The van der Waals surface area contributed by atoms with E-state index in [9.17, 15) is 14.4 Å². The molecule has 1 aliphatic heterocycles. The minimum absolute atomic E-state index is 0. The molecule has 0 aromatic carbocycles. The number of cyclic esters (lactones) is 1. The molecule has 410 valence electrons. The van der Waals surface area contributed by atoms with Gasteiger partial charge in [-0.1, -0.05) is 300 Å². The summed E-state index contributed by atoms with van der Waals surface area (Å²) in [5, 5.41) is 18.2. The molecular formula is C60H118Br2MgO6. The minimum Gasteiger partial charge on any atom is -1.00 e. The summed E-state index contributed by atoms with van der Waals surface area (Å²) in [6.45, 7) is 13.5. The molecular weight excluding hydrogens is 1000 g/mol. The van der Waals surface area contributed by atoms with Crippen LogP contribution in [0.3, 0.4) is 0 Å². The van der Waals surface area contributed by atoms with Gasteiger partial charge in [0.15, 0.2) is 0 Å². The first-order valence-corrected chi connectivity index (χ1v) is 30.7. The Morgan fingerprint density at radius 2 is 0.754 bits per heavy atom. The maximum atomic E-state index is 11.4. The van der Waals surface area contributed by atoms with Crippen molar-refractivity contribution in [3.8, 4) is 0 Å². The summed E-state index contributed by atoms with van der Waals surface area (Å²) in [5.41, 5.74) is 0. The molecule has 0 radical (unpaired) electrons. The van der Waals surface area contributed by atoms with Crippen LogP contribution in [0, 0.1) is 18.8 Å². The van der Waals surface area contributed by atoms with Crippen LogP contribution in [0.2, 0.25) is 0 Å². The molecule has 2 N–H and O–H groups in total. The van der Waals surface area contributed by atoms with Gasteiger partial charge in [-0.15, -0.1) is 0 Å². The second-order valence-electron chi connectivity index (χ2n) is 20.5. The number of carboxylic acid groups (broad SMARTS) is 2. The minimum atomic E-state index is -0.656. The summed E-state index contributed by atoms with van der Waals surface area (Å²) >= 11 is 3.46. The quantitative estimate of drug-likeness (QED) is 0.0213. The Balaban J connectivity index is -0.000000278. The molecule has 6 nitrogen and oxygen atoms in total. The number of unbranched alkanes of at least 4 members (excludes halogenated alkanes) is 26.